The van der Waals surface area contributed by atoms with E-state index >= 15 is 0 Å². The summed E-state index contributed by atoms with van der Waals surface area (Å²) in [6.45, 7) is 0. The number of benzene rings is 2. The van der Waals surface area contributed by atoms with Crippen LogP contribution in [0, 0.1) is 21.4 Å². The highest BCUT2D eigenvalue weighted by Gasteiger charge is 2.21. The zero-order valence-corrected chi connectivity index (χ0v) is 12.0. The SMILES string of the molecule is N#Cc1cc([N+](=O)[O-])ccc1N[C@@H]1CCCc2ccccc21. The maximum absolute atomic E-state index is 10.8. The number of hydrogen-bond donors (Lipinski definition) is 1. The van der Waals surface area contributed by atoms with Crippen LogP contribution in [0.3, 0.4) is 0 Å². The van der Waals surface area contributed by atoms with E-state index in [1.807, 2.05) is 18.2 Å². The Kier molecular flexibility index (Phi) is 3.75. The minimum absolute atomic E-state index is 0.0638. The third-order valence-corrected chi connectivity index (χ3v) is 4.03. The van der Waals surface area contributed by atoms with Crippen LogP contribution in [0.2, 0.25) is 0 Å². The molecule has 1 atom stereocenters. The van der Waals surface area contributed by atoms with Gasteiger partial charge >= 0.3 is 0 Å². The molecule has 5 nitrogen and oxygen atoms in total. The van der Waals surface area contributed by atoms with Gasteiger partial charge in [0, 0.05) is 12.1 Å². The summed E-state index contributed by atoms with van der Waals surface area (Å²) in [5, 5.41) is 23.4. The van der Waals surface area contributed by atoms with Crippen molar-refractivity contribution >= 4 is 11.4 Å². The minimum atomic E-state index is -0.486. The Bertz CT molecular complexity index is 765. The second-order valence-electron chi connectivity index (χ2n) is 5.39. The Morgan fingerprint density at radius 3 is 2.86 bits per heavy atom. The van der Waals surface area contributed by atoms with Crippen LogP contribution in [0.25, 0.3) is 0 Å². The fraction of sp³-hybridized carbons (Fsp3) is 0.235. The van der Waals surface area contributed by atoms with E-state index < -0.39 is 4.92 Å². The Balaban J connectivity index is 1.92. The van der Waals surface area contributed by atoms with Crippen molar-refractivity contribution in [3.8, 4) is 6.07 Å². The van der Waals surface area contributed by atoms with Crippen molar-refractivity contribution in [2.24, 2.45) is 0 Å². The summed E-state index contributed by atoms with van der Waals surface area (Å²) in [5.74, 6) is 0. The van der Waals surface area contributed by atoms with E-state index in [-0.39, 0.29) is 11.7 Å². The van der Waals surface area contributed by atoms with Gasteiger partial charge in [-0.15, -0.1) is 0 Å². The van der Waals surface area contributed by atoms with Gasteiger partial charge in [-0.1, -0.05) is 24.3 Å². The van der Waals surface area contributed by atoms with Gasteiger partial charge in [0.1, 0.15) is 6.07 Å². The van der Waals surface area contributed by atoms with Crippen molar-refractivity contribution in [1.29, 1.82) is 5.26 Å². The van der Waals surface area contributed by atoms with Crippen LogP contribution in [-0.2, 0) is 6.42 Å². The fourth-order valence-corrected chi connectivity index (χ4v) is 2.96. The highest BCUT2D eigenvalue weighted by molar-refractivity contribution is 5.62. The Hall–Kier alpha value is -2.87. The van der Waals surface area contributed by atoms with Gasteiger partial charge < -0.3 is 5.32 Å². The average molecular weight is 293 g/mol. The molecule has 0 amide bonds. The number of nitro benzene ring substituents is 1. The second-order valence-corrected chi connectivity index (χ2v) is 5.39. The van der Waals surface area contributed by atoms with Crippen molar-refractivity contribution in [3.05, 3.63) is 69.3 Å². The number of non-ortho nitro benzene ring substituents is 1. The molecule has 0 heterocycles. The van der Waals surface area contributed by atoms with E-state index in [2.05, 4.69) is 17.4 Å². The maximum Gasteiger partial charge on any atom is 0.270 e. The number of nitrogens with one attached hydrogen (secondary N) is 1. The van der Waals surface area contributed by atoms with E-state index in [4.69, 9.17) is 0 Å². The van der Waals surface area contributed by atoms with Crippen LogP contribution in [-0.4, -0.2) is 4.92 Å². The normalized spacial score (nSPS) is 16.4. The van der Waals surface area contributed by atoms with Gasteiger partial charge in [-0.25, -0.2) is 0 Å². The summed E-state index contributed by atoms with van der Waals surface area (Å²) in [6.07, 6.45) is 3.14. The monoisotopic (exact) mass is 293 g/mol. The van der Waals surface area contributed by atoms with E-state index in [1.54, 1.807) is 6.07 Å². The largest absolute Gasteiger partial charge is 0.377 e. The van der Waals surface area contributed by atoms with Crippen LogP contribution in [0.1, 0.15) is 35.6 Å². The lowest BCUT2D eigenvalue weighted by Crippen LogP contribution is -2.17. The molecule has 1 aliphatic rings. The van der Waals surface area contributed by atoms with Gasteiger partial charge in [0.2, 0.25) is 0 Å². The molecule has 3 rings (SSSR count). The Morgan fingerprint density at radius 1 is 1.27 bits per heavy atom. The van der Waals surface area contributed by atoms with Crippen molar-refractivity contribution < 1.29 is 4.92 Å². The fourth-order valence-electron chi connectivity index (χ4n) is 2.96. The van der Waals surface area contributed by atoms with Gasteiger partial charge in [0.25, 0.3) is 5.69 Å². The number of nitro groups is 1. The number of anilines is 1. The first-order chi connectivity index (χ1) is 10.7. The Labute approximate surface area is 128 Å². The second kappa shape index (κ2) is 5.86. The number of hydrogen-bond acceptors (Lipinski definition) is 4. The summed E-state index contributed by atoms with van der Waals surface area (Å²) in [5.41, 5.74) is 3.46. The molecule has 0 bridgehead atoms. The molecular formula is C17H15N3O2. The molecule has 110 valence electrons. The first-order valence-electron chi connectivity index (χ1n) is 7.22. The standard InChI is InChI=1S/C17H15N3O2/c18-11-13-10-14(20(21)22)8-9-16(13)19-17-7-3-5-12-4-1-2-6-15(12)17/h1-2,4,6,8-10,17,19H,3,5,7H2/t17-/m1/s1. The van der Waals surface area contributed by atoms with Crippen LogP contribution in [0.15, 0.2) is 42.5 Å². The first kappa shape index (κ1) is 14.1. The third-order valence-electron chi connectivity index (χ3n) is 4.03. The Morgan fingerprint density at radius 2 is 2.09 bits per heavy atom. The molecule has 2 aromatic carbocycles. The van der Waals surface area contributed by atoms with E-state index in [9.17, 15) is 15.4 Å². The summed E-state index contributed by atoms with van der Waals surface area (Å²) in [4.78, 5) is 10.3. The quantitative estimate of drug-likeness (QED) is 0.686. The third kappa shape index (κ3) is 2.63. The van der Waals surface area contributed by atoms with Crippen molar-refractivity contribution in [1.82, 2.24) is 0 Å². The lowest BCUT2D eigenvalue weighted by atomic mass is 9.87. The van der Waals surface area contributed by atoms with E-state index in [0.29, 0.717) is 11.3 Å². The molecule has 0 aliphatic heterocycles. The predicted octanol–water partition coefficient (Wildman–Crippen LogP) is 3.96. The van der Waals surface area contributed by atoms with Gasteiger partial charge in [0.15, 0.2) is 0 Å². The molecule has 0 radical (unpaired) electrons. The molecule has 1 aliphatic carbocycles. The van der Waals surface area contributed by atoms with Crippen LogP contribution in [0.4, 0.5) is 11.4 Å². The van der Waals surface area contributed by atoms with Crippen molar-refractivity contribution in [2.75, 3.05) is 5.32 Å². The first-order valence-corrected chi connectivity index (χ1v) is 7.22. The number of fused-ring (bicyclic) bond motifs is 1. The molecule has 0 saturated carbocycles. The van der Waals surface area contributed by atoms with Gasteiger partial charge in [-0.2, -0.15) is 5.26 Å². The molecule has 5 heteroatoms. The number of rotatable bonds is 3. The number of nitriles is 1. The highest BCUT2D eigenvalue weighted by Crippen LogP contribution is 2.33. The van der Waals surface area contributed by atoms with Gasteiger partial charge in [0.05, 0.1) is 22.2 Å². The van der Waals surface area contributed by atoms with Crippen molar-refractivity contribution in [3.63, 3.8) is 0 Å². The molecule has 2 aromatic rings. The van der Waals surface area contributed by atoms with Crippen LogP contribution < -0.4 is 5.32 Å². The summed E-state index contributed by atoms with van der Waals surface area (Å²) in [7, 11) is 0. The lowest BCUT2D eigenvalue weighted by molar-refractivity contribution is -0.384. The molecule has 1 N–H and O–H groups in total. The molecule has 22 heavy (non-hydrogen) atoms. The zero-order chi connectivity index (χ0) is 15.5. The van der Waals surface area contributed by atoms with E-state index in [0.717, 1.165) is 19.3 Å². The minimum Gasteiger partial charge on any atom is -0.377 e. The number of aryl methyl sites for hydroxylation is 1. The summed E-state index contributed by atoms with van der Waals surface area (Å²) < 4.78 is 0. The topological polar surface area (TPSA) is 79.0 Å². The predicted molar refractivity (Wildman–Crippen MR) is 83.6 cm³/mol. The van der Waals surface area contributed by atoms with E-state index in [1.165, 1.54) is 23.3 Å². The van der Waals surface area contributed by atoms with Gasteiger partial charge in [-0.3, -0.25) is 10.1 Å². The van der Waals surface area contributed by atoms with Gasteiger partial charge in [-0.05, 0) is 36.5 Å². The average Bonchev–Trinajstić information content (AvgIpc) is 2.55. The summed E-state index contributed by atoms with van der Waals surface area (Å²) >= 11 is 0. The molecule has 0 fully saturated rings. The summed E-state index contributed by atoms with van der Waals surface area (Å²) in [6, 6.07) is 14.8. The smallest absolute Gasteiger partial charge is 0.270 e. The zero-order valence-electron chi connectivity index (χ0n) is 12.0. The van der Waals surface area contributed by atoms with Crippen LogP contribution >= 0.6 is 0 Å². The molecule has 0 saturated heterocycles. The number of nitrogens with zero attached hydrogens (tertiary/aromatic N) is 2. The van der Waals surface area contributed by atoms with Crippen LogP contribution in [0.5, 0.6) is 0 Å². The van der Waals surface area contributed by atoms with Crippen molar-refractivity contribution in [2.45, 2.75) is 25.3 Å². The molecule has 0 aromatic heterocycles. The molecular weight excluding hydrogens is 278 g/mol. The molecule has 0 unspecified atom stereocenters. The highest BCUT2D eigenvalue weighted by atomic mass is 16.6. The molecule has 0 spiro atoms. The lowest BCUT2D eigenvalue weighted by Gasteiger charge is -2.27. The maximum atomic E-state index is 10.8.